The minimum absolute atomic E-state index is 0.799. The molecule has 1 nitrogen and oxygen atoms in total. The number of benzene rings is 1. The normalized spacial score (nSPS) is 9.22. The van der Waals surface area contributed by atoms with E-state index in [4.69, 9.17) is 4.74 Å². The molecule has 0 N–H and O–H groups in total. The summed E-state index contributed by atoms with van der Waals surface area (Å²) in [6.45, 7) is 2.16. The highest BCUT2D eigenvalue weighted by Crippen LogP contribution is 2.15. The fourth-order valence-electron chi connectivity index (χ4n) is 1.35. The molecule has 0 heterocycles. The van der Waals surface area contributed by atoms with Gasteiger partial charge in [-0.15, -0.1) is 0 Å². The van der Waals surface area contributed by atoms with Gasteiger partial charge in [0.25, 0.3) is 0 Å². The van der Waals surface area contributed by atoms with Crippen molar-refractivity contribution >= 4 is 0 Å². The third kappa shape index (κ3) is 5.28. The Labute approximate surface area is 110 Å². The molecule has 1 aromatic carbocycles. The summed E-state index contributed by atoms with van der Waals surface area (Å²) in [6, 6.07) is 7.71. The lowest BCUT2D eigenvalue weighted by molar-refractivity contribution is 0.413. The number of methoxy groups -OCH3 is 1. The van der Waals surface area contributed by atoms with Crippen LogP contribution in [0.1, 0.15) is 31.7 Å². The summed E-state index contributed by atoms with van der Waals surface area (Å²) in [7, 11) is 1.65. The van der Waals surface area contributed by atoms with Gasteiger partial charge < -0.3 is 4.74 Å². The molecule has 0 unspecified atom stereocenters. The van der Waals surface area contributed by atoms with E-state index in [0.29, 0.717) is 0 Å². The second-order valence-corrected chi connectivity index (χ2v) is 3.73. The number of hydrogen-bond acceptors (Lipinski definition) is 1. The maximum Gasteiger partial charge on any atom is 0.134 e. The zero-order valence-electron chi connectivity index (χ0n) is 11.0. The van der Waals surface area contributed by atoms with Gasteiger partial charge in [0.2, 0.25) is 0 Å². The van der Waals surface area contributed by atoms with Crippen molar-refractivity contribution in [1.82, 2.24) is 0 Å². The van der Waals surface area contributed by atoms with E-state index in [2.05, 4.69) is 30.6 Å². The molecular formula is C17H18O. The predicted octanol–water partition coefficient (Wildman–Crippen LogP) is 3.80. The third-order valence-corrected chi connectivity index (χ3v) is 2.32. The summed E-state index contributed by atoms with van der Waals surface area (Å²) < 4.78 is 5.21. The van der Waals surface area contributed by atoms with E-state index in [0.717, 1.165) is 24.2 Å². The highest BCUT2D eigenvalue weighted by Gasteiger charge is 1.95. The zero-order valence-corrected chi connectivity index (χ0v) is 11.0. The number of unbranched alkanes of at least 4 members (excludes halogenated alkanes) is 2. The number of hydrogen-bond donors (Lipinski definition) is 0. The van der Waals surface area contributed by atoms with Gasteiger partial charge in [0.05, 0.1) is 12.7 Å². The molecule has 0 atom stereocenters. The lowest BCUT2D eigenvalue weighted by atomic mass is 10.2. The van der Waals surface area contributed by atoms with Crippen molar-refractivity contribution in [3.8, 4) is 29.4 Å². The first-order chi connectivity index (χ1) is 8.88. The van der Waals surface area contributed by atoms with Crippen LogP contribution in [0.4, 0.5) is 0 Å². The van der Waals surface area contributed by atoms with Crippen LogP contribution >= 0.6 is 0 Å². The van der Waals surface area contributed by atoms with Crippen molar-refractivity contribution in [3.63, 3.8) is 0 Å². The Balaban J connectivity index is 2.54. The van der Waals surface area contributed by atoms with Gasteiger partial charge in [0.1, 0.15) is 5.75 Å². The second kappa shape index (κ2) is 8.97. The van der Waals surface area contributed by atoms with E-state index >= 15 is 0 Å². The molecule has 1 aromatic rings. The Morgan fingerprint density at radius 1 is 1.17 bits per heavy atom. The SMILES string of the molecule is CCCCC#CC=CC#Cc1ccccc1OC. The lowest BCUT2D eigenvalue weighted by Gasteiger charge is -2.00. The molecule has 0 fully saturated rings. The molecule has 0 aliphatic rings. The highest BCUT2D eigenvalue weighted by molar-refractivity contribution is 5.47. The van der Waals surface area contributed by atoms with Gasteiger partial charge in [-0.2, -0.15) is 0 Å². The summed E-state index contributed by atoms with van der Waals surface area (Å²) in [5.41, 5.74) is 0.892. The van der Waals surface area contributed by atoms with Crippen LogP contribution in [-0.2, 0) is 0 Å². The molecule has 0 spiro atoms. The largest absolute Gasteiger partial charge is 0.495 e. The molecule has 0 radical (unpaired) electrons. The van der Waals surface area contributed by atoms with Gasteiger partial charge in [0, 0.05) is 6.42 Å². The molecule has 0 saturated carbocycles. The van der Waals surface area contributed by atoms with Crippen LogP contribution in [0.15, 0.2) is 36.4 Å². The first-order valence-electron chi connectivity index (χ1n) is 6.16. The van der Waals surface area contributed by atoms with E-state index in [9.17, 15) is 0 Å². The Hall–Kier alpha value is -2.12. The average Bonchev–Trinajstić information content (AvgIpc) is 2.42. The Morgan fingerprint density at radius 2 is 1.94 bits per heavy atom. The second-order valence-electron chi connectivity index (χ2n) is 3.73. The third-order valence-electron chi connectivity index (χ3n) is 2.32. The van der Waals surface area contributed by atoms with Crippen molar-refractivity contribution < 1.29 is 4.74 Å². The number of allylic oxidation sites excluding steroid dienone is 2. The summed E-state index contributed by atoms with van der Waals surface area (Å²) in [4.78, 5) is 0. The lowest BCUT2D eigenvalue weighted by Crippen LogP contribution is -1.85. The Morgan fingerprint density at radius 3 is 2.72 bits per heavy atom. The number of ether oxygens (including phenoxy) is 1. The maximum atomic E-state index is 5.21. The fourth-order valence-corrected chi connectivity index (χ4v) is 1.35. The van der Waals surface area contributed by atoms with Crippen LogP contribution < -0.4 is 4.74 Å². The van der Waals surface area contributed by atoms with Crippen molar-refractivity contribution in [2.45, 2.75) is 26.2 Å². The monoisotopic (exact) mass is 238 g/mol. The van der Waals surface area contributed by atoms with Gasteiger partial charge >= 0.3 is 0 Å². The first kappa shape index (κ1) is 13.9. The molecular weight excluding hydrogens is 220 g/mol. The number of rotatable bonds is 3. The average molecular weight is 238 g/mol. The van der Waals surface area contributed by atoms with Crippen LogP contribution in [0.2, 0.25) is 0 Å². The smallest absolute Gasteiger partial charge is 0.134 e. The van der Waals surface area contributed by atoms with Crippen molar-refractivity contribution in [2.75, 3.05) is 7.11 Å². The fraction of sp³-hybridized carbons (Fsp3) is 0.294. The molecule has 18 heavy (non-hydrogen) atoms. The van der Waals surface area contributed by atoms with Crippen molar-refractivity contribution in [3.05, 3.63) is 42.0 Å². The van der Waals surface area contributed by atoms with Gasteiger partial charge in [-0.1, -0.05) is 49.2 Å². The minimum Gasteiger partial charge on any atom is -0.495 e. The predicted molar refractivity (Wildman–Crippen MR) is 76.3 cm³/mol. The van der Waals surface area contributed by atoms with Crippen molar-refractivity contribution in [2.24, 2.45) is 0 Å². The van der Waals surface area contributed by atoms with Crippen LogP contribution in [0.5, 0.6) is 5.75 Å². The van der Waals surface area contributed by atoms with E-state index in [-0.39, 0.29) is 0 Å². The van der Waals surface area contributed by atoms with E-state index in [1.165, 1.54) is 6.42 Å². The van der Waals surface area contributed by atoms with Gasteiger partial charge in [-0.3, -0.25) is 0 Å². The number of para-hydroxylation sites is 1. The molecule has 0 amide bonds. The van der Waals surface area contributed by atoms with Crippen LogP contribution in [-0.4, -0.2) is 7.11 Å². The Kier molecular flexibility index (Phi) is 6.95. The highest BCUT2D eigenvalue weighted by atomic mass is 16.5. The van der Waals surface area contributed by atoms with Crippen LogP contribution in [0, 0.1) is 23.7 Å². The van der Waals surface area contributed by atoms with E-state index < -0.39 is 0 Å². The van der Waals surface area contributed by atoms with Crippen LogP contribution in [0.3, 0.4) is 0 Å². The molecule has 1 rings (SSSR count). The summed E-state index contributed by atoms with van der Waals surface area (Å²) in [5, 5.41) is 0. The van der Waals surface area contributed by atoms with Gasteiger partial charge in [-0.25, -0.2) is 0 Å². The van der Waals surface area contributed by atoms with Gasteiger partial charge in [-0.05, 0) is 30.7 Å². The Bertz CT molecular complexity index is 504. The van der Waals surface area contributed by atoms with Crippen LogP contribution in [0.25, 0.3) is 0 Å². The van der Waals surface area contributed by atoms with Crippen molar-refractivity contribution in [1.29, 1.82) is 0 Å². The molecule has 0 saturated heterocycles. The quantitative estimate of drug-likeness (QED) is 0.575. The summed E-state index contributed by atoms with van der Waals surface area (Å²) >= 11 is 0. The minimum atomic E-state index is 0.799. The first-order valence-corrected chi connectivity index (χ1v) is 6.16. The summed E-state index contributed by atoms with van der Waals surface area (Å²) in [6.07, 6.45) is 6.87. The molecule has 0 aliphatic heterocycles. The molecule has 0 bridgehead atoms. The molecule has 0 aromatic heterocycles. The van der Waals surface area contributed by atoms with Gasteiger partial charge in [0.15, 0.2) is 0 Å². The summed E-state index contributed by atoms with van der Waals surface area (Å²) in [5.74, 6) is 12.8. The van der Waals surface area contributed by atoms with E-state index in [1.807, 2.05) is 24.3 Å². The van der Waals surface area contributed by atoms with E-state index in [1.54, 1.807) is 19.3 Å². The standard InChI is InChI=1S/C17H18O/c1-3-4-5-6-7-8-9-10-13-16-14-11-12-15-17(16)18-2/h8-9,11-12,14-15H,3-5H2,1-2H3. The maximum absolute atomic E-state index is 5.21. The molecule has 0 aliphatic carbocycles. The molecule has 1 heteroatoms. The zero-order chi connectivity index (χ0) is 13.1. The topological polar surface area (TPSA) is 9.23 Å². The molecule has 92 valence electrons.